The van der Waals surface area contributed by atoms with Gasteiger partial charge >= 0.3 is 0 Å². The van der Waals surface area contributed by atoms with Crippen LogP contribution < -0.4 is 15.2 Å². The first-order valence-corrected chi connectivity index (χ1v) is 8.55. The number of methoxy groups -OCH3 is 1. The number of anilines is 1. The smallest absolute Gasteiger partial charge is 0.165 e. The highest BCUT2D eigenvalue weighted by Gasteiger charge is 2.16. The summed E-state index contributed by atoms with van der Waals surface area (Å²) in [7, 11) is 1.45. The first-order valence-electron chi connectivity index (χ1n) is 7.61. The number of benzene rings is 1. The Kier molecular flexibility index (Phi) is 5.03. The molecule has 1 aliphatic carbocycles. The molecule has 1 aromatic heterocycles. The summed E-state index contributed by atoms with van der Waals surface area (Å²) in [5, 5.41) is 10.2. The minimum atomic E-state index is -0.378. The number of ether oxygens (including phenoxy) is 1. The number of aromatic nitrogens is 1. The van der Waals surface area contributed by atoms with Crippen molar-refractivity contribution in [1.29, 1.82) is 0 Å². The average Bonchev–Trinajstić information content (AvgIpc) is 2.60. The summed E-state index contributed by atoms with van der Waals surface area (Å²) in [6.45, 7) is 0.811. The Balaban J connectivity index is 1.77. The van der Waals surface area contributed by atoms with Crippen LogP contribution in [0.15, 0.2) is 36.5 Å². The molecular weight excluding hydrogens is 313 g/mol. The lowest BCUT2D eigenvalue weighted by atomic mass is 9.95. The summed E-state index contributed by atoms with van der Waals surface area (Å²) >= 11 is 1.40. The Morgan fingerprint density at radius 3 is 2.96 bits per heavy atom. The van der Waals surface area contributed by atoms with E-state index in [-0.39, 0.29) is 11.6 Å². The van der Waals surface area contributed by atoms with Crippen molar-refractivity contribution >= 4 is 28.5 Å². The fourth-order valence-electron chi connectivity index (χ4n) is 2.83. The monoisotopic (exact) mass is 333 g/mol. The second-order valence-electron chi connectivity index (χ2n) is 5.64. The topological polar surface area (TPSA) is 60.2 Å². The number of rotatable bonds is 5. The highest BCUT2D eigenvalue weighted by atomic mass is 32.2. The van der Waals surface area contributed by atoms with Crippen LogP contribution >= 0.6 is 11.9 Å². The van der Waals surface area contributed by atoms with Gasteiger partial charge in [0.25, 0.3) is 0 Å². The number of halogens is 1. The van der Waals surface area contributed by atoms with Gasteiger partial charge in [0.2, 0.25) is 0 Å². The van der Waals surface area contributed by atoms with Crippen LogP contribution in [-0.4, -0.2) is 23.9 Å². The molecule has 2 unspecified atom stereocenters. The molecule has 23 heavy (non-hydrogen) atoms. The van der Waals surface area contributed by atoms with Crippen molar-refractivity contribution in [3.05, 3.63) is 42.4 Å². The molecule has 0 bridgehead atoms. The molecule has 0 aliphatic heterocycles. The largest absolute Gasteiger partial charge is 0.494 e. The SMILES string of the molecule is COc1cc2nccc(NCC3C=CC(SN)CC3)c2cc1F. The van der Waals surface area contributed by atoms with Crippen molar-refractivity contribution in [3.63, 3.8) is 0 Å². The van der Waals surface area contributed by atoms with Crippen molar-refractivity contribution in [1.82, 2.24) is 4.98 Å². The van der Waals surface area contributed by atoms with Gasteiger partial charge in [0.15, 0.2) is 11.6 Å². The second-order valence-corrected chi connectivity index (χ2v) is 6.52. The Labute approximate surface area is 139 Å². The number of hydrogen-bond acceptors (Lipinski definition) is 5. The fraction of sp³-hybridized carbons (Fsp3) is 0.353. The lowest BCUT2D eigenvalue weighted by molar-refractivity contribution is 0.387. The fourth-order valence-corrected chi connectivity index (χ4v) is 3.29. The minimum absolute atomic E-state index is 0.211. The number of nitrogens with zero attached hydrogens (tertiary/aromatic N) is 1. The van der Waals surface area contributed by atoms with Crippen LogP contribution in [0.1, 0.15) is 12.8 Å². The van der Waals surface area contributed by atoms with Crippen molar-refractivity contribution in [2.45, 2.75) is 18.1 Å². The summed E-state index contributed by atoms with van der Waals surface area (Å²) in [5.74, 6) is 0.295. The highest BCUT2D eigenvalue weighted by molar-refractivity contribution is 7.97. The molecule has 0 saturated carbocycles. The zero-order valence-electron chi connectivity index (χ0n) is 13.0. The Morgan fingerprint density at radius 2 is 2.26 bits per heavy atom. The zero-order chi connectivity index (χ0) is 16.2. The van der Waals surface area contributed by atoms with Gasteiger partial charge in [-0.1, -0.05) is 24.1 Å². The molecule has 1 aromatic carbocycles. The molecule has 0 amide bonds. The van der Waals surface area contributed by atoms with Crippen LogP contribution in [0.3, 0.4) is 0 Å². The van der Waals surface area contributed by atoms with Crippen LogP contribution in [-0.2, 0) is 0 Å². The third-order valence-electron chi connectivity index (χ3n) is 4.16. The van der Waals surface area contributed by atoms with Crippen molar-refractivity contribution < 1.29 is 9.13 Å². The molecule has 122 valence electrons. The lowest BCUT2D eigenvalue weighted by Crippen LogP contribution is -2.18. The van der Waals surface area contributed by atoms with E-state index in [0.717, 1.165) is 30.5 Å². The van der Waals surface area contributed by atoms with Gasteiger partial charge < -0.3 is 10.1 Å². The molecule has 1 heterocycles. The van der Waals surface area contributed by atoms with Crippen LogP contribution in [0.25, 0.3) is 10.9 Å². The van der Waals surface area contributed by atoms with E-state index in [4.69, 9.17) is 9.88 Å². The van der Waals surface area contributed by atoms with E-state index in [1.54, 1.807) is 12.3 Å². The van der Waals surface area contributed by atoms with Crippen LogP contribution in [0.4, 0.5) is 10.1 Å². The van der Waals surface area contributed by atoms with E-state index >= 15 is 0 Å². The number of pyridine rings is 1. The molecule has 3 N–H and O–H groups in total. The molecule has 0 saturated heterocycles. The van der Waals surface area contributed by atoms with E-state index in [0.29, 0.717) is 16.7 Å². The van der Waals surface area contributed by atoms with Crippen molar-refractivity contribution in [2.24, 2.45) is 11.1 Å². The molecular formula is C17H20FN3OS. The van der Waals surface area contributed by atoms with Gasteiger partial charge in [-0.2, -0.15) is 0 Å². The van der Waals surface area contributed by atoms with E-state index in [1.165, 1.54) is 25.1 Å². The first-order chi connectivity index (χ1) is 11.2. The maximum atomic E-state index is 14.0. The standard InChI is InChI=1S/C17H20FN3OS/c1-22-17-9-16-13(8-14(17)18)15(6-7-20-16)21-10-11-2-4-12(23-19)5-3-11/h2,4,6-9,11-12H,3,5,10,19H2,1H3,(H,20,21). The maximum Gasteiger partial charge on any atom is 0.165 e. The van der Waals surface area contributed by atoms with E-state index in [1.807, 2.05) is 6.07 Å². The van der Waals surface area contributed by atoms with E-state index in [9.17, 15) is 4.39 Å². The third kappa shape index (κ3) is 3.59. The van der Waals surface area contributed by atoms with Crippen LogP contribution in [0.2, 0.25) is 0 Å². The summed E-state index contributed by atoms with van der Waals surface area (Å²) in [4.78, 5) is 4.29. The van der Waals surface area contributed by atoms with Gasteiger partial charge in [0.1, 0.15) is 0 Å². The molecule has 0 radical (unpaired) electrons. The van der Waals surface area contributed by atoms with E-state index < -0.39 is 0 Å². The summed E-state index contributed by atoms with van der Waals surface area (Å²) < 4.78 is 19.0. The molecule has 2 aromatic rings. The number of hydrogen-bond donors (Lipinski definition) is 2. The van der Waals surface area contributed by atoms with Gasteiger partial charge in [-0.15, -0.1) is 0 Å². The normalized spacial score (nSPS) is 20.7. The first kappa shape index (κ1) is 16.1. The van der Waals surface area contributed by atoms with Crippen molar-refractivity contribution in [3.8, 4) is 5.75 Å². The average molecular weight is 333 g/mol. The zero-order valence-corrected chi connectivity index (χ0v) is 13.8. The molecule has 0 spiro atoms. The summed E-state index contributed by atoms with van der Waals surface area (Å²) in [5.41, 5.74) is 1.60. The van der Waals surface area contributed by atoms with Gasteiger partial charge in [0.05, 0.1) is 12.6 Å². The lowest BCUT2D eigenvalue weighted by Gasteiger charge is -2.22. The molecule has 2 atom stereocenters. The Hall–Kier alpha value is -1.79. The van der Waals surface area contributed by atoms with Gasteiger partial charge in [0, 0.05) is 35.1 Å². The molecule has 0 fully saturated rings. The summed E-state index contributed by atoms with van der Waals surface area (Å²) in [6.07, 6.45) is 8.31. The molecule has 4 nitrogen and oxygen atoms in total. The Bertz CT molecular complexity index is 722. The molecule has 3 rings (SSSR count). The van der Waals surface area contributed by atoms with E-state index in [2.05, 4.69) is 22.5 Å². The Morgan fingerprint density at radius 1 is 1.39 bits per heavy atom. The van der Waals surface area contributed by atoms with Gasteiger partial charge in [-0.3, -0.25) is 10.1 Å². The quantitative estimate of drug-likeness (QED) is 0.645. The van der Waals surface area contributed by atoms with Crippen molar-refractivity contribution in [2.75, 3.05) is 19.0 Å². The molecule has 6 heteroatoms. The minimum Gasteiger partial charge on any atom is -0.494 e. The van der Waals surface area contributed by atoms with Gasteiger partial charge in [-0.05, 0) is 30.9 Å². The van der Waals surface area contributed by atoms with Gasteiger partial charge in [-0.25, -0.2) is 4.39 Å². The molecule has 1 aliphatic rings. The predicted octanol–water partition coefficient (Wildman–Crippen LogP) is 3.74. The van der Waals surface area contributed by atoms with Crippen LogP contribution in [0, 0.1) is 11.7 Å². The highest BCUT2D eigenvalue weighted by Crippen LogP contribution is 2.29. The number of nitrogens with one attached hydrogen (secondary N) is 1. The number of nitrogens with two attached hydrogens (primary N) is 1. The number of fused-ring (bicyclic) bond motifs is 1. The predicted molar refractivity (Wildman–Crippen MR) is 94.2 cm³/mol. The summed E-state index contributed by atoms with van der Waals surface area (Å²) in [6, 6.07) is 4.97. The van der Waals surface area contributed by atoms with Crippen LogP contribution in [0.5, 0.6) is 5.75 Å². The second kappa shape index (κ2) is 7.19. The third-order valence-corrected chi connectivity index (χ3v) is 4.91. The maximum absolute atomic E-state index is 14.0.